The molecule has 21 heavy (non-hydrogen) atoms. The Morgan fingerprint density at radius 2 is 2.10 bits per heavy atom. The molecule has 6 nitrogen and oxygen atoms in total. The molecule has 2 saturated carbocycles. The van der Waals surface area contributed by atoms with Gasteiger partial charge in [0.05, 0.1) is 12.4 Å². The molecule has 2 heterocycles. The molecular formula is C14H18N6S. The SMILES string of the molecule is CCNc1cncc(Sc2nnc(C3CC3)n2C2CC2)n1. The van der Waals surface area contributed by atoms with Crippen molar-refractivity contribution in [2.24, 2.45) is 0 Å². The van der Waals surface area contributed by atoms with Crippen LogP contribution >= 0.6 is 11.8 Å². The summed E-state index contributed by atoms with van der Waals surface area (Å²) in [4.78, 5) is 8.80. The third-order valence-corrected chi connectivity index (χ3v) is 4.58. The molecule has 0 aliphatic heterocycles. The smallest absolute Gasteiger partial charge is 0.197 e. The van der Waals surface area contributed by atoms with Crippen LogP contribution < -0.4 is 5.32 Å². The van der Waals surface area contributed by atoms with E-state index in [9.17, 15) is 0 Å². The fourth-order valence-corrected chi connectivity index (χ4v) is 3.28. The van der Waals surface area contributed by atoms with Gasteiger partial charge in [-0.15, -0.1) is 10.2 Å². The van der Waals surface area contributed by atoms with Crippen molar-refractivity contribution in [3.63, 3.8) is 0 Å². The third kappa shape index (κ3) is 2.74. The molecule has 4 rings (SSSR count). The summed E-state index contributed by atoms with van der Waals surface area (Å²) in [6.45, 7) is 2.89. The lowest BCUT2D eigenvalue weighted by molar-refractivity contribution is 0.626. The molecule has 0 atom stereocenters. The van der Waals surface area contributed by atoms with E-state index in [1.165, 1.54) is 31.5 Å². The summed E-state index contributed by atoms with van der Waals surface area (Å²) >= 11 is 1.56. The van der Waals surface area contributed by atoms with Crippen molar-refractivity contribution in [2.45, 2.75) is 54.7 Å². The molecule has 110 valence electrons. The second kappa shape index (κ2) is 5.29. The van der Waals surface area contributed by atoms with Gasteiger partial charge in [-0.25, -0.2) is 4.98 Å². The van der Waals surface area contributed by atoms with E-state index >= 15 is 0 Å². The zero-order chi connectivity index (χ0) is 14.2. The summed E-state index contributed by atoms with van der Waals surface area (Å²) in [5, 5.41) is 13.8. The van der Waals surface area contributed by atoms with Crippen LogP contribution in [0, 0.1) is 0 Å². The highest BCUT2D eigenvalue weighted by Crippen LogP contribution is 2.46. The van der Waals surface area contributed by atoms with Crippen LogP contribution in [0.25, 0.3) is 0 Å². The van der Waals surface area contributed by atoms with Crippen LogP contribution in [-0.4, -0.2) is 31.3 Å². The molecule has 0 saturated heterocycles. The minimum Gasteiger partial charge on any atom is -0.369 e. The van der Waals surface area contributed by atoms with E-state index in [1.54, 1.807) is 24.2 Å². The predicted molar refractivity (Wildman–Crippen MR) is 80.6 cm³/mol. The Balaban J connectivity index is 1.60. The Kier molecular flexibility index (Phi) is 3.29. The molecule has 2 aliphatic rings. The summed E-state index contributed by atoms with van der Waals surface area (Å²) in [5.74, 6) is 2.62. The first-order chi connectivity index (χ1) is 10.3. The van der Waals surface area contributed by atoms with Crippen LogP contribution in [0.4, 0.5) is 5.82 Å². The van der Waals surface area contributed by atoms with Gasteiger partial charge in [-0.05, 0) is 44.4 Å². The molecule has 2 aromatic heterocycles. The highest BCUT2D eigenvalue weighted by atomic mass is 32.2. The molecule has 2 fully saturated rings. The number of rotatable bonds is 6. The predicted octanol–water partition coefficient (Wildman–Crippen LogP) is 2.86. The molecule has 7 heteroatoms. The zero-order valence-electron chi connectivity index (χ0n) is 12.0. The molecule has 0 bridgehead atoms. The van der Waals surface area contributed by atoms with Gasteiger partial charge in [0, 0.05) is 18.5 Å². The normalized spacial score (nSPS) is 18.0. The van der Waals surface area contributed by atoms with Gasteiger partial charge >= 0.3 is 0 Å². The fourth-order valence-electron chi connectivity index (χ4n) is 2.41. The van der Waals surface area contributed by atoms with Gasteiger partial charge < -0.3 is 9.88 Å². The maximum atomic E-state index is 4.56. The van der Waals surface area contributed by atoms with Crippen LogP contribution in [-0.2, 0) is 0 Å². The average Bonchev–Trinajstić information content (AvgIpc) is 3.40. The Labute approximate surface area is 127 Å². The van der Waals surface area contributed by atoms with E-state index in [2.05, 4.69) is 30.0 Å². The minimum absolute atomic E-state index is 0.600. The van der Waals surface area contributed by atoms with Gasteiger partial charge in [0.15, 0.2) is 5.16 Å². The third-order valence-electron chi connectivity index (χ3n) is 3.71. The molecule has 1 N–H and O–H groups in total. The number of aromatic nitrogens is 5. The average molecular weight is 302 g/mol. The van der Waals surface area contributed by atoms with E-state index in [1.807, 2.05) is 6.92 Å². The van der Waals surface area contributed by atoms with Crippen LogP contribution in [0.5, 0.6) is 0 Å². The first-order valence-electron chi connectivity index (χ1n) is 7.53. The summed E-state index contributed by atoms with van der Waals surface area (Å²) in [6.07, 6.45) is 8.53. The molecule has 0 amide bonds. The van der Waals surface area contributed by atoms with Crippen molar-refractivity contribution >= 4 is 17.6 Å². The van der Waals surface area contributed by atoms with Crippen LogP contribution in [0.3, 0.4) is 0 Å². The topological polar surface area (TPSA) is 68.5 Å². The van der Waals surface area contributed by atoms with Gasteiger partial charge in [-0.2, -0.15) is 0 Å². The number of anilines is 1. The molecular weight excluding hydrogens is 284 g/mol. The molecule has 0 spiro atoms. The molecule has 0 aromatic carbocycles. The van der Waals surface area contributed by atoms with Crippen LogP contribution in [0.2, 0.25) is 0 Å². The second-order valence-corrected chi connectivity index (χ2v) is 6.58. The number of nitrogens with zero attached hydrogens (tertiary/aromatic N) is 5. The van der Waals surface area contributed by atoms with Gasteiger partial charge in [0.2, 0.25) is 0 Å². The highest BCUT2D eigenvalue weighted by molar-refractivity contribution is 7.99. The van der Waals surface area contributed by atoms with Crippen molar-refractivity contribution < 1.29 is 0 Å². The maximum Gasteiger partial charge on any atom is 0.197 e. The lowest BCUT2D eigenvalue weighted by Gasteiger charge is -2.08. The van der Waals surface area contributed by atoms with E-state index in [-0.39, 0.29) is 0 Å². The fraction of sp³-hybridized carbons (Fsp3) is 0.571. The minimum atomic E-state index is 0.600. The Hall–Kier alpha value is -1.63. The van der Waals surface area contributed by atoms with Crippen molar-refractivity contribution in [1.29, 1.82) is 0 Å². The van der Waals surface area contributed by atoms with Gasteiger partial charge in [-0.3, -0.25) is 4.98 Å². The zero-order valence-corrected chi connectivity index (χ0v) is 12.8. The summed E-state index contributed by atoms with van der Waals surface area (Å²) < 4.78 is 2.34. The first-order valence-corrected chi connectivity index (χ1v) is 8.35. The monoisotopic (exact) mass is 302 g/mol. The lowest BCUT2D eigenvalue weighted by atomic mass is 10.4. The highest BCUT2D eigenvalue weighted by Gasteiger charge is 2.36. The molecule has 2 aromatic rings. The second-order valence-electron chi connectivity index (χ2n) is 5.59. The van der Waals surface area contributed by atoms with E-state index < -0.39 is 0 Å². The summed E-state index contributed by atoms with van der Waals surface area (Å²) in [7, 11) is 0. The van der Waals surface area contributed by atoms with E-state index in [0.717, 1.165) is 22.5 Å². The first kappa shape index (κ1) is 13.1. The van der Waals surface area contributed by atoms with Crippen LogP contribution in [0.15, 0.2) is 22.6 Å². The van der Waals surface area contributed by atoms with E-state index in [4.69, 9.17) is 0 Å². The number of nitrogens with one attached hydrogen (secondary N) is 1. The number of hydrogen-bond donors (Lipinski definition) is 1. The molecule has 0 radical (unpaired) electrons. The standard InChI is InChI=1S/C14H18N6S/c1-2-16-11-7-15-8-12(17-11)21-14-19-18-13(9-3-4-9)20(14)10-5-6-10/h7-10H,2-6H2,1H3,(H,16,17). The van der Waals surface area contributed by atoms with Crippen molar-refractivity contribution in [3.05, 3.63) is 18.2 Å². The maximum absolute atomic E-state index is 4.56. The van der Waals surface area contributed by atoms with Crippen LogP contribution in [0.1, 0.15) is 50.4 Å². The quantitative estimate of drug-likeness (QED) is 0.885. The Morgan fingerprint density at radius 3 is 2.81 bits per heavy atom. The van der Waals surface area contributed by atoms with E-state index in [0.29, 0.717) is 12.0 Å². The Morgan fingerprint density at radius 1 is 1.24 bits per heavy atom. The molecule has 2 aliphatic carbocycles. The van der Waals surface area contributed by atoms with Crippen molar-refractivity contribution in [3.8, 4) is 0 Å². The summed E-state index contributed by atoms with van der Waals surface area (Å²) in [5.41, 5.74) is 0. The Bertz CT molecular complexity index is 647. The van der Waals surface area contributed by atoms with Gasteiger partial charge in [-0.1, -0.05) is 0 Å². The largest absolute Gasteiger partial charge is 0.369 e. The van der Waals surface area contributed by atoms with Crippen molar-refractivity contribution in [2.75, 3.05) is 11.9 Å². The lowest BCUT2D eigenvalue weighted by Crippen LogP contribution is -2.03. The summed E-state index contributed by atoms with van der Waals surface area (Å²) in [6, 6.07) is 0.600. The van der Waals surface area contributed by atoms with Crippen molar-refractivity contribution in [1.82, 2.24) is 24.7 Å². The number of hydrogen-bond acceptors (Lipinski definition) is 6. The van der Waals surface area contributed by atoms with Gasteiger partial charge in [0.25, 0.3) is 0 Å². The molecule has 0 unspecified atom stereocenters. The van der Waals surface area contributed by atoms with Gasteiger partial charge in [0.1, 0.15) is 16.7 Å².